The minimum absolute atomic E-state index is 0.128. The molecule has 1 heterocycles. The molecule has 19 heavy (non-hydrogen) atoms. The standard InChI is InChI=1S/C14H19NO4/c1-17-12-6-5-10(8-13(12)18-2)14(16)15-9-11-4-3-7-19-11/h5-6,8,11H,3-4,7,9H2,1-2H3,(H,15,16)/t11-/m0/s1. The molecule has 0 aliphatic carbocycles. The first kappa shape index (κ1) is 13.7. The second-order valence-electron chi connectivity index (χ2n) is 4.41. The van der Waals surface area contributed by atoms with Gasteiger partial charge in [0.05, 0.1) is 20.3 Å². The first-order valence-corrected chi connectivity index (χ1v) is 6.36. The summed E-state index contributed by atoms with van der Waals surface area (Å²) in [6.45, 7) is 1.34. The molecule has 1 fully saturated rings. The van der Waals surface area contributed by atoms with Gasteiger partial charge in [-0.3, -0.25) is 4.79 Å². The highest BCUT2D eigenvalue weighted by Crippen LogP contribution is 2.27. The molecule has 0 saturated carbocycles. The number of nitrogens with one attached hydrogen (secondary N) is 1. The second-order valence-corrected chi connectivity index (χ2v) is 4.41. The molecule has 0 radical (unpaired) electrons. The zero-order valence-corrected chi connectivity index (χ0v) is 11.3. The van der Waals surface area contributed by atoms with E-state index in [2.05, 4.69) is 5.32 Å². The number of carbonyl (C=O) groups is 1. The van der Waals surface area contributed by atoms with Crippen LogP contribution in [0.1, 0.15) is 23.2 Å². The molecule has 5 heteroatoms. The topological polar surface area (TPSA) is 56.8 Å². The normalized spacial score (nSPS) is 18.1. The van der Waals surface area contributed by atoms with Crippen LogP contribution in [-0.4, -0.2) is 39.4 Å². The van der Waals surface area contributed by atoms with Gasteiger partial charge in [-0.1, -0.05) is 0 Å². The predicted molar refractivity (Wildman–Crippen MR) is 70.9 cm³/mol. The van der Waals surface area contributed by atoms with Crippen molar-refractivity contribution in [3.8, 4) is 11.5 Å². The Hall–Kier alpha value is -1.75. The van der Waals surface area contributed by atoms with Crippen LogP contribution in [0.15, 0.2) is 18.2 Å². The molecule has 1 aromatic carbocycles. The lowest BCUT2D eigenvalue weighted by Crippen LogP contribution is -2.31. The number of hydrogen-bond acceptors (Lipinski definition) is 4. The highest BCUT2D eigenvalue weighted by atomic mass is 16.5. The van der Waals surface area contributed by atoms with Gasteiger partial charge >= 0.3 is 0 Å². The molecule has 1 atom stereocenters. The van der Waals surface area contributed by atoms with E-state index in [0.717, 1.165) is 19.4 Å². The summed E-state index contributed by atoms with van der Waals surface area (Å²) < 4.78 is 15.8. The summed E-state index contributed by atoms with van der Waals surface area (Å²) in [5.74, 6) is 1.03. The van der Waals surface area contributed by atoms with Gasteiger partial charge in [0.15, 0.2) is 11.5 Å². The Balaban J connectivity index is 1.98. The Morgan fingerprint density at radius 1 is 1.37 bits per heavy atom. The molecule has 0 aromatic heterocycles. The fourth-order valence-corrected chi connectivity index (χ4v) is 2.09. The average molecular weight is 265 g/mol. The zero-order chi connectivity index (χ0) is 13.7. The molecule has 2 rings (SSSR count). The molecule has 1 aliphatic heterocycles. The van der Waals surface area contributed by atoms with Crippen LogP contribution in [0.2, 0.25) is 0 Å². The van der Waals surface area contributed by atoms with Gasteiger partial charge in [0.1, 0.15) is 0 Å². The van der Waals surface area contributed by atoms with E-state index in [9.17, 15) is 4.79 Å². The minimum Gasteiger partial charge on any atom is -0.493 e. The van der Waals surface area contributed by atoms with Crippen molar-refractivity contribution >= 4 is 5.91 Å². The van der Waals surface area contributed by atoms with E-state index in [0.29, 0.717) is 23.6 Å². The predicted octanol–water partition coefficient (Wildman–Crippen LogP) is 1.61. The highest BCUT2D eigenvalue weighted by Gasteiger charge is 2.17. The molecule has 104 valence electrons. The minimum atomic E-state index is -0.128. The Labute approximate surface area is 112 Å². The average Bonchev–Trinajstić information content (AvgIpc) is 2.97. The molecule has 0 bridgehead atoms. The molecule has 1 amide bonds. The van der Waals surface area contributed by atoms with Crippen LogP contribution in [0.3, 0.4) is 0 Å². The fourth-order valence-electron chi connectivity index (χ4n) is 2.09. The van der Waals surface area contributed by atoms with Crippen LogP contribution in [-0.2, 0) is 4.74 Å². The SMILES string of the molecule is COc1ccc(C(=O)NC[C@@H]2CCCO2)cc1OC. The summed E-state index contributed by atoms with van der Waals surface area (Å²) in [6.07, 6.45) is 2.22. The van der Waals surface area contributed by atoms with Crippen LogP contribution in [0.4, 0.5) is 0 Å². The van der Waals surface area contributed by atoms with Gasteiger partial charge in [0.2, 0.25) is 0 Å². The summed E-state index contributed by atoms with van der Waals surface area (Å²) in [4.78, 5) is 12.0. The third-order valence-electron chi connectivity index (χ3n) is 3.16. The van der Waals surface area contributed by atoms with E-state index in [-0.39, 0.29) is 12.0 Å². The Morgan fingerprint density at radius 2 is 2.16 bits per heavy atom. The van der Waals surface area contributed by atoms with Gasteiger partial charge in [-0.2, -0.15) is 0 Å². The van der Waals surface area contributed by atoms with Crippen molar-refractivity contribution in [2.24, 2.45) is 0 Å². The van der Waals surface area contributed by atoms with Gasteiger partial charge in [-0.25, -0.2) is 0 Å². The van der Waals surface area contributed by atoms with E-state index in [1.165, 1.54) is 0 Å². The van der Waals surface area contributed by atoms with Gasteiger partial charge in [0.25, 0.3) is 5.91 Å². The molecule has 1 aromatic rings. The summed E-state index contributed by atoms with van der Waals surface area (Å²) >= 11 is 0. The number of methoxy groups -OCH3 is 2. The highest BCUT2D eigenvalue weighted by molar-refractivity contribution is 5.94. The molecule has 0 spiro atoms. The molecule has 1 aliphatic rings. The maximum atomic E-state index is 12.0. The number of hydrogen-bond donors (Lipinski definition) is 1. The monoisotopic (exact) mass is 265 g/mol. The van der Waals surface area contributed by atoms with Crippen molar-refractivity contribution in [3.63, 3.8) is 0 Å². The smallest absolute Gasteiger partial charge is 0.251 e. The maximum Gasteiger partial charge on any atom is 0.251 e. The lowest BCUT2D eigenvalue weighted by Gasteiger charge is -2.12. The van der Waals surface area contributed by atoms with Gasteiger partial charge < -0.3 is 19.5 Å². The Bertz CT molecular complexity index is 441. The maximum absolute atomic E-state index is 12.0. The van der Waals surface area contributed by atoms with E-state index < -0.39 is 0 Å². The molecule has 1 saturated heterocycles. The third-order valence-corrected chi connectivity index (χ3v) is 3.16. The van der Waals surface area contributed by atoms with Crippen LogP contribution in [0.25, 0.3) is 0 Å². The summed E-state index contributed by atoms with van der Waals surface area (Å²) in [7, 11) is 3.11. The first-order valence-electron chi connectivity index (χ1n) is 6.36. The van der Waals surface area contributed by atoms with Crippen molar-refractivity contribution in [3.05, 3.63) is 23.8 Å². The number of carbonyl (C=O) groups excluding carboxylic acids is 1. The second kappa shape index (κ2) is 6.43. The number of amides is 1. The van der Waals surface area contributed by atoms with Crippen molar-refractivity contribution in [1.29, 1.82) is 0 Å². The van der Waals surface area contributed by atoms with E-state index in [1.54, 1.807) is 32.4 Å². The van der Waals surface area contributed by atoms with E-state index in [1.807, 2.05) is 0 Å². The van der Waals surface area contributed by atoms with Crippen LogP contribution in [0, 0.1) is 0 Å². The quantitative estimate of drug-likeness (QED) is 0.878. The van der Waals surface area contributed by atoms with Gasteiger partial charge in [-0.15, -0.1) is 0 Å². The molecule has 5 nitrogen and oxygen atoms in total. The molecule has 1 N–H and O–H groups in total. The number of benzene rings is 1. The first-order chi connectivity index (χ1) is 9.24. The lowest BCUT2D eigenvalue weighted by atomic mass is 10.1. The van der Waals surface area contributed by atoms with Crippen LogP contribution < -0.4 is 14.8 Å². The van der Waals surface area contributed by atoms with Crippen molar-refractivity contribution < 1.29 is 19.0 Å². The van der Waals surface area contributed by atoms with E-state index in [4.69, 9.17) is 14.2 Å². The van der Waals surface area contributed by atoms with Crippen LogP contribution >= 0.6 is 0 Å². The van der Waals surface area contributed by atoms with Crippen LogP contribution in [0.5, 0.6) is 11.5 Å². The lowest BCUT2D eigenvalue weighted by molar-refractivity contribution is 0.0857. The van der Waals surface area contributed by atoms with E-state index >= 15 is 0 Å². The Kier molecular flexibility index (Phi) is 4.63. The molecular formula is C14H19NO4. The summed E-state index contributed by atoms with van der Waals surface area (Å²) in [5.41, 5.74) is 0.552. The zero-order valence-electron chi connectivity index (χ0n) is 11.3. The largest absolute Gasteiger partial charge is 0.493 e. The van der Waals surface area contributed by atoms with Crippen molar-refractivity contribution in [2.75, 3.05) is 27.4 Å². The third kappa shape index (κ3) is 3.38. The summed E-state index contributed by atoms with van der Waals surface area (Å²) in [5, 5.41) is 2.87. The summed E-state index contributed by atoms with van der Waals surface area (Å²) in [6, 6.07) is 5.11. The number of ether oxygens (including phenoxy) is 3. The fraction of sp³-hybridized carbons (Fsp3) is 0.500. The van der Waals surface area contributed by atoms with Crippen molar-refractivity contribution in [2.45, 2.75) is 18.9 Å². The molecular weight excluding hydrogens is 246 g/mol. The van der Waals surface area contributed by atoms with Crippen molar-refractivity contribution in [1.82, 2.24) is 5.32 Å². The number of rotatable bonds is 5. The Morgan fingerprint density at radius 3 is 2.79 bits per heavy atom. The molecule has 0 unspecified atom stereocenters. The van der Waals surface area contributed by atoms with Gasteiger partial charge in [-0.05, 0) is 31.0 Å². The van der Waals surface area contributed by atoms with Gasteiger partial charge in [0, 0.05) is 18.7 Å².